The number of rotatable bonds is 12. The minimum Gasteiger partial charge on any atom is -0.462 e. The van der Waals surface area contributed by atoms with E-state index in [9.17, 15) is 24.0 Å². The molecule has 4 rings (SSSR count). The van der Waals surface area contributed by atoms with Crippen LogP contribution in [-0.4, -0.2) is 34.2 Å². The number of carbonyl (C=O) groups excluding carboxylic acids is 2. The number of aromatic nitrogens is 2. The summed E-state index contributed by atoms with van der Waals surface area (Å²) in [5.74, 6) is -1.45. The van der Waals surface area contributed by atoms with Crippen LogP contribution in [0.4, 0.5) is 0 Å². The topological polar surface area (TPSA) is 147 Å². The van der Waals surface area contributed by atoms with Crippen molar-refractivity contribution in [2.24, 2.45) is 11.3 Å². The Kier molecular flexibility index (Phi) is 8.96. The quantitative estimate of drug-likeness (QED) is 0.252. The fourth-order valence-electron chi connectivity index (χ4n) is 4.74. The van der Waals surface area contributed by atoms with Crippen LogP contribution in [0.25, 0.3) is 11.1 Å². The number of aryl methyl sites for hydroxylation is 1. The Morgan fingerprint density at radius 1 is 1.12 bits per heavy atom. The minimum absolute atomic E-state index is 0.0294. The summed E-state index contributed by atoms with van der Waals surface area (Å²) in [6, 6.07) is 7.57. The van der Waals surface area contributed by atoms with Crippen LogP contribution < -0.4 is 21.6 Å². The first kappa shape index (κ1) is 30.0. The number of benzene rings is 1. The molecule has 0 amide bonds. The standard InChI is InChI=1S/C30H36N2O9/c1-17(16-38-28(36)22-10-6-7-11-23(22)40-20(4)33)18(2)39-19(3)32-27(35)25-21(9-8-12-30(5)13-14-30)15-24(34)41-26(25)31-29(32)37/h6-7,10-11,15,17-19H,8-9,12-14,16H2,1-5H3,(H,31,37). The summed E-state index contributed by atoms with van der Waals surface area (Å²) in [6.07, 6.45) is 3.15. The highest BCUT2D eigenvalue weighted by Crippen LogP contribution is 2.49. The predicted molar refractivity (Wildman–Crippen MR) is 150 cm³/mol. The van der Waals surface area contributed by atoms with E-state index in [0.29, 0.717) is 17.4 Å². The average molecular weight is 569 g/mol. The molecule has 1 saturated carbocycles. The van der Waals surface area contributed by atoms with Crippen LogP contribution in [0.5, 0.6) is 5.75 Å². The Morgan fingerprint density at radius 3 is 2.51 bits per heavy atom. The van der Waals surface area contributed by atoms with Gasteiger partial charge in [-0.25, -0.2) is 19.0 Å². The van der Waals surface area contributed by atoms with Crippen LogP contribution >= 0.6 is 0 Å². The maximum Gasteiger partial charge on any atom is 0.341 e. The van der Waals surface area contributed by atoms with Crippen LogP contribution in [0.2, 0.25) is 0 Å². The summed E-state index contributed by atoms with van der Waals surface area (Å²) >= 11 is 0. The van der Waals surface area contributed by atoms with Gasteiger partial charge in [0.15, 0.2) is 0 Å². The SMILES string of the molecule is CC(=O)Oc1ccccc1C(=O)OCC(C)C(C)OC(C)n1c(=O)[nH]c2oc(=O)cc(CCCC3(C)CC3)c2c1=O. The number of para-hydroxylation sites is 1. The van der Waals surface area contributed by atoms with E-state index in [0.717, 1.165) is 17.4 Å². The molecule has 0 bridgehead atoms. The van der Waals surface area contributed by atoms with Crippen molar-refractivity contribution in [3.8, 4) is 5.75 Å². The maximum absolute atomic E-state index is 13.5. The molecule has 0 aliphatic heterocycles. The summed E-state index contributed by atoms with van der Waals surface area (Å²) < 4.78 is 22.6. The normalized spacial score (nSPS) is 16.1. The van der Waals surface area contributed by atoms with Gasteiger partial charge in [0.2, 0.25) is 5.71 Å². The lowest BCUT2D eigenvalue weighted by molar-refractivity contribution is -0.131. The van der Waals surface area contributed by atoms with Crippen LogP contribution in [0.15, 0.2) is 49.1 Å². The van der Waals surface area contributed by atoms with Crippen molar-refractivity contribution in [1.29, 1.82) is 0 Å². The largest absolute Gasteiger partial charge is 0.462 e. The highest BCUT2D eigenvalue weighted by atomic mass is 16.6. The molecule has 1 fully saturated rings. The Balaban J connectivity index is 1.46. The van der Waals surface area contributed by atoms with Crippen LogP contribution in [0, 0.1) is 11.3 Å². The van der Waals surface area contributed by atoms with Crippen LogP contribution in [-0.2, 0) is 20.7 Å². The summed E-state index contributed by atoms with van der Waals surface area (Å²) in [6.45, 7) is 8.54. The molecule has 2 heterocycles. The van der Waals surface area contributed by atoms with Crippen LogP contribution in [0.3, 0.4) is 0 Å². The molecule has 1 aliphatic rings. The first-order chi connectivity index (χ1) is 19.4. The lowest BCUT2D eigenvalue weighted by atomic mass is 9.98. The number of esters is 2. The van der Waals surface area contributed by atoms with Crippen molar-refractivity contribution in [2.45, 2.75) is 79.1 Å². The molecule has 11 heteroatoms. The molecule has 3 aromatic rings. The number of nitrogens with one attached hydrogen (secondary N) is 1. The first-order valence-electron chi connectivity index (χ1n) is 13.8. The van der Waals surface area contributed by atoms with E-state index in [1.807, 2.05) is 0 Å². The van der Waals surface area contributed by atoms with Crippen molar-refractivity contribution in [2.75, 3.05) is 6.61 Å². The molecule has 0 radical (unpaired) electrons. The number of carbonyl (C=O) groups is 2. The third-order valence-corrected chi connectivity index (χ3v) is 7.66. The number of ether oxygens (including phenoxy) is 3. The fraction of sp³-hybridized carbons (Fsp3) is 0.500. The van der Waals surface area contributed by atoms with Crippen molar-refractivity contribution in [1.82, 2.24) is 9.55 Å². The van der Waals surface area contributed by atoms with Gasteiger partial charge in [-0.3, -0.25) is 14.6 Å². The number of fused-ring (bicyclic) bond motifs is 1. The summed E-state index contributed by atoms with van der Waals surface area (Å²) in [7, 11) is 0. The number of nitrogens with zero attached hydrogens (tertiary/aromatic N) is 1. The van der Waals surface area contributed by atoms with Gasteiger partial charge in [0.25, 0.3) is 5.56 Å². The predicted octanol–water partition coefficient (Wildman–Crippen LogP) is 4.11. The van der Waals surface area contributed by atoms with E-state index in [2.05, 4.69) is 11.9 Å². The number of hydrogen-bond acceptors (Lipinski definition) is 9. The van der Waals surface area contributed by atoms with E-state index < -0.39 is 41.1 Å². The fourth-order valence-corrected chi connectivity index (χ4v) is 4.74. The third-order valence-electron chi connectivity index (χ3n) is 7.66. The van der Waals surface area contributed by atoms with Gasteiger partial charge in [-0.1, -0.05) is 26.0 Å². The van der Waals surface area contributed by atoms with Crippen LogP contribution in [0.1, 0.15) is 82.5 Å². The maximum atomic E-state index is 13.5. The van der Waals surface area contributed by atoms with Crippen molar-refractivity contribution >= 4 is 23.0 Å². The minimum atomic E-state index is -0.973. The molecule has 3 atom stereocenters. The Labute approximate surface area is 236 Å². The van der Waals surface area contributed by atoms with Gasteiger partial charge in [-0.15, -0.1) is 0 Å². The number of H-pyrrole nitrogens is 1. The third kappa shape index (κ3) is 7.21. The molecule has 0 saturated heterocycles. The Hall–Kier alpha value is -3.99. The van der Waals surface area contributed by atoms with Gasteiger partial charge in [-0.2, -0.15) is 0 Å². The first-order valence-corrected chi connectivity index (χ1v) is 13.8. The lowest BCUT2D eigenvalue weighted by Crippen LogP contribution is -2.40. The van der Waals surface area contributed by atoms with E-state index in [4.69, 9.17) is 18.6 Å². The zero-order chi connectivity index (χ0) is 29.9. The van der Waals surface area contributed by atoms with Crippen molar-refractivity contribution in [3.05, 3.63) is 72.7 Å². The molecule has 11 nitrogen and oxygen atoms in total. The van der Waals surface area contributed by atoms with Gasteiger partial charge in [-0.05, 0) is 69.1 Å². The van der Waals surface area contributed by atoms with Gasteiger partial charge in [0.1, 0.15) is 22.9 Å². The molecule has 1 N–H and O–H groups in total. The van der Waals surface area contributed by atoms with E-state index in [1.165, 1.54) is 38.0 Å². The monoisotopic (exact) mass is 568 g/mol. The number of aromatic amines is 1. The Bertz CT molecular complexity index is 1610. The number of hydrogen-bond donors (Lipinski definition) is 1. The van der Waals surface area contributed by atoms with Gasteiger partial charge in [0.05, 0.1) is 12.7 Å². The van der Waals surface area contributed by atoms with E-state index in [1.54, 1.807) is 32.9 Å². The van der Waals surface area contributed by atoms with Gasteiger partial charge >= 0.3 is 23.3 Å². The average Bonchev–Trinajstić information content (AvgIpc) is 3.63. The van der Waals surface area contributed by atoms with E-state index in [-0.39, 0.29) is 34.9 Å². The highest BCUT2D eigenvalue weighted by molar-refractivity contribution is 5.93. The molecule has 1 aliphatic carbocycles. The van der Waals surface area contributed by atoms with Gasteiger partial charge in [0, 0.05) is 18.9 Å². The molecule has 220 valence electrons. The molecule has 1 aromatic carbocycles. The highest BCUT2D eigenvalue weighted by Gasteiger charge is 2.36. The molecular formula is C30H36N2O9. The lowest BCUT2D eigenvalue weighted by Gasteiger charge is -2.25. The second kappa shape index (κ2) is 12.3. The summed E-state index contributed by atoms with van der Waals surface area (Å²) in [4.78, 5) is 65.0. The summed E-state index contributed by atoms with van der Waals surface area (Å²) in [5.41, 5.74) is -1.18. The molecule has 0 spiro atoms. The molecule has 41 heavy (non-hydrogen) atoms. The molecular weight excluding hydrogens is 532 g/mol. The smallest absolute Gasteiger partial charge is 0.341 e. The van der Waals surface area contributed by atoms with Crippen molar-refractivity contribution < 1.29 is 28.2 Å². The Morgan fingerprint density at radius 2 is 1.83 bits per heavy atom. The summed E-state index contributed by atoms with van der Waals surface area (Å²) in [5, 5.41) is 0.154. The zero-order valence-electron chi connectivity index (χ0n) is 24.0. The van der Waals surface area contributed by atoms with Gasteiger partial charge < -0.3 is 18.6 Å². The van der Waals surface area contributed by atoms with Crippen molar-refractivity contribution in [3.63, 3.8) is 0 Å². The van der Waals surface area contributed by atoms with E-state index >= 15 is 0 Å². The molecule has 2 aromatic heterocycles. The second-order valence-electron chi connectivity index (χ2n) is 11.2. The zero-order valence-corrected chi connectivity index (χ0v) is 24.0. The second-order valence-corrected chi connectivity index (χ2v) is 11.2. The molecule has 3 unspecified atom stereocenters.